The normalized spacial score (nSPS) is 17.5. The van der Waals surface area contributed by atoms with E-state index in [-0.39, 0.29) is 17.9 Å². The van der Waals surface area contributed by atoms with Crippen molar-refractivity contribution < 1.29 is 14.3 Å². The van der Waals surface area contributed by atoms with Gasteiger partial charge in [-0.15, -0.1) is 0 Å². The predicted molar refractivity (Wildman–Crippen MR) is 106 cm³/mol. The molecule has 0 spiro atoms. The van der Waals surface area contributed by atoms with E-state index in [1.165, 1.54) is 0 Å². The quantitative estimate of drug-likeness (QED) is 0.844. The highest BCUT2D eigenvalue weighted by molar-refractivity contribution is 6.06. The molecule has 3 rings (SSSR count). The molecule has 1 aliphatic heterocycles. The second-order valence-electron chi connectivity index (χ2n) is 6.71. The summed E-state index contributed by atoms with van der Waals surface area (Å²) in [5.41, 5.74) is 2.73. The lowest BCUT2D eigenvalue weighted by Gasteiger charge is -2.31. The zero-order valence-electron chi connectivity index (χ0n) is 15.6. The Balaban J connectivity index is 1.69. The predicted octanol–water partition coefficient (Wildman–Crippen LogP) is 3.59. The van der Waals surface area contributed by atoms with E-state index in [9.17, 15) is 9.59 Å². The molecule has 0 aliphatic carbocycles. The fourth-order valence-electron chi connectivity index (χ4n) is 3.01. The van der Waals surface area contributed by atoms with Crippen LogP contribution in [-0.4, -0.2) is 42.5 Å². The standard InChI is InChI=1S/C22H24N2O3/c1-16(13-18-7-4-3-5-8-18)21(25)23-20-10-6-9-19(14-20)22(26)24-11-12-27-17(2)15-24/h3-10,13-14,17H,11-12,15H2,1-2H3,(H,23,25)/b16-13+. The summed E-state index contributed by atoms with van der Waals surface area (Å²) in [6, 6.07) is 16.7. The lowest BCUT2D eigenvalue weighted by atomic mass is 10.1. The molecular weight excluding hydrogens is 340 g/mol. The molecule has 5 nitrogen and oxygen atoms in total. The van der Waals surface area contributed by atoms with Gasteiger partial charge in [-0.1, -0.05) is 36.4 Å². The van der Waals surface area contributed by atoms with E-state index in [1.54, 1.807) is 36.1 Å². The number of nitrogens with one attached hydrogen (secondary N) is 1. The number of carbonyl (C=O) groups is 2. The average molecular weight is 364 g/mol. The van der Waals surface area contributed by atoms with Gasteiger partial charge in [-0.25, -0.2) is 0 Å². The molecule has 2 aromatic rings. The Hall–Kier alpha value is -2.92. The Morgan fingerprint density at radius 3 is 2.67 bits per heavy atom. The van der Waals surface area contributed by atoms with Crippen molar-refractivity contribution in [3.63, 3.8) is 0 Å². The number of hydrogen-bond acceptors (Lipinski definition) is 3. The van der Waals surface area contributed by atoms with Crippen LogP contribution in [0.2, 0.25) is 0 Å². The molecule has 0 bridgehead atoms. The van der Waals surface area contributed by atoms with Crippen LogP contribution in [0.15, 0.2) is 60.2 Å². The molecule has 2 aromatic carbocycles. The second kappa shape index (κ2) is 8.64. The highest BCUT2D eigenvalue weighted by Crippen LogP contribution is 2.16. The molecule has 1 fully saturated rings. The Labute approximate surface area is 159 Å². The van der Waals surface area contributed by atoms with Gasteiger partial charge in [0, 0.05) is 29.9 Å². The van der Waals surface area contributed by atoms with Crippen LogP contribution in [0.5, 0.6) is 0 Å². The Morgan fingerprint density at radius 1 is 1.15 bits per heavy atom. The van der Waals surface area contributed by atoms with Crippen LogP contribution in [-0.2, 0) is 9.53 Å². The average Bonchev–Trinajstić information content (AvgIpc) is 2.68. The van der Waals surface area contributed by atoms with Crippen LogP contribution in [0.3, 0.4) is 0 Å². The third-order valence-corrected chi connectivity index (χ3v) is 4.44. The Morgan fingerprint density at radius 2 is 1.93 bits per heavy atom. The molecule has 1 heterocycles. The second-order valence-corrected chi connectivity index (χ2v) is 6.71. The number of benzene rings is 2. The van der Waals surface area contributed by atoms with Crippen molar-refractivity contribution >= 4 is 23.6 Å². The summed E-state index contributed by atoms with van der Waals surface area (Å²) in [7, 11) is 0. The molecule has 1 atom stereocenters. The minimum Gasteiger partial charge on any atom is -0.375 e. The Bertz CT molecular complexity index is 846. The van der Waals surface area contributed by atoms with Gasteiger partial charge in [0.05, 0.1) is 12.7 Å². The summed E-state index contributed by atoms with van der Waals surface area (Å²) in [4.78, 5) is 26.9. The third-order valence-electron chi connectivity index (χ3n) is 4.44. The molecule has 1 aliphatic rings. The van der Waals surface area contributed by atoms with Crippen molar-refractivity contribution in [1.82, 2.24) is 4.90 Å². The first-order chi connectivity index (χ1) is 13.0. The number of hydrogen-bond donors (Lipinski definition) is 1. The SMILES string of the molecule is C/C(=C\c1ccccc1)C(=O)Nc1cccc(C(=O)N2CCOC(C)C2)c1. The van der Waals surface area contributed by atoms with Crippen molar-refractivity contribution in [3.05, 3.63) is 71.3 Å². The maximum Gasteiger partial charge on any atom is 0.254 e. The van der Waals surface area contributed by atoms with Crippen molar-refractivity contribution in [1.29, 1.82) is 0 Å². The minimum absolute atomic E-state index is 0.0383. The zero-order valence-corrected chi connectivity index (χ0v) is 15.6. The first-order valence-corrected chi connectivity index (χ1v) is 9.08. The summed E-state index contributed by atoms with van der Waals surface area (Å²) in [6.45, 7) is 5.43. The van der Waals surface area contributed by atoms with Gasteiger partial charge in [0.2, 0.25) is 0 Å². The zero-order chi connectivity index (χ0) is 19.2. The van der Waals surface area contributed by atoms with Crippen LogP contribution in [0.1, 0.15) is 29.8 Å². The molecule has 0 radical (unpaired) electrons. The Kier molecular flexibility index (Phi) is 6.04. The van der Waals surface area contributed by atoms with E-state index in [0.717, 1.165) is 5.56 Å². The number of amides is 2. The van der Waals surface area contributed by atoms with Crippen LogP contribution >= 0.6 is 0 Å². The summed E-state index contributed by atoms with van der Waals surface area (Å²) in [5.74, 6) is -0.235. The number of nitrogens with zero attached hydrogens (tertiary/aromatic N) is 1. The van der Waals surface area contributed by atoms with E-state index in [1.807, 2.05) is 43.3 Å². The van der Waals surface area contributed by atoms with E-state index < -0.39 is 0 Å². The highest BCUT2D eigenvalue weighted by atomic mass is 16.5. The van der Waals surface area contributed by atoms with E-state index in [4.69, 9.17) is 4.74 Å². The smallest absolute Gasteiger partial charge is 0.254 e. The fraction of sp³-hybridized carbons (Fsp3) is 0.273. The van der Waals surface area contributed by atoms with E-state index in [2.05, 4.69) is 5.32 Å². The van der Waals surface area contributed by atoms with Gasteiger partial charge in [0.15, 0.2) is 0 Å². The first kappa shape index (κ1) is 18.9. The highest BCUT2D eigenvalue weighted by Gasteiger charge is 2.22. The molecule has 0 aromatic heterocycles. The largest absolute Gasteiger partial charge is 0.375 e. The number of rotatable bonds is 4. The molecule has 140 valence electrons. The van der Waals surface area contributed by atoms with Crippen LogP contribution < -0.4 is 5.32 Å². The van der Waals surface area contributed by atoms with E-state index in [0.29, 0.717) is 36.5 Å². The van der Waals surface area contributed by atoms with Crippen molar-refractivity contribution in [2.45, 2.75) is 20.0 Å². The third kappa shape index (κ3) is 5.05. The lowest BCUT2D eigenvalue weighted by molar-refractivity contribution is -0.112. The number of carbonyl (C=O) groups excluding carboxylic acids is 2. The van der Waals surface area contributed by atoms with Gasteiger partial charge in [-0.3, -0.25) is 9.59 Å². The van der Waals surface area contributed by atoms with Crippen molar-refractivity contribution in [2.24, 2.45) is 0 Å². The van der Waals surface area contributed by atoms with Crippen molar-refractivity contribution in [2.75, 3.05) is 25.0 Å². The molecule has 5 heteroatoms. The summed E-state index contributed by atoms with van der Waals surface area (Å²) >= 11 is 0. The van der Waals surface area contributed by atoms with Gasteiger partial charge in [0.25, 0.3) is 11.8 Å². The van der Waals surface area contributed by atoms with Crippen molar-refractivity contribution in [3.8, 4) is 0 Å². The first-order valence-electron chi connectivity index (χ1n) is 9.08. The summed E-state index contributed by atoms with van der Waals surface area (Å²) < 4.78 is 5.49. The number of ether oxygens (including phenoxy) is 1. The monoisotopic (exact) mass is 364 g/mol. The van der Waals surface area contributed by atoms with Gasteiger partial charge < -0.3 is 15.0 Å². The maximum atomic E-state index is 12.7. The molecule has 1 unspecified atom stereocenters. The molecule has 0 saturated carbocycles. The number of anilines is 1. The minimum atomic E-state index is -0.191. The van der Waals surface area contributed by atoms with Gasteiger partial charge in [0.1, 0.15) is 0 Å². The fourth-order valence-corrected chi connectivity index (χ4v) is 3.01. The molecule has 2 amide bonds. The van der Waals surface area contributed by atoms with Gasteiger partial charge in [-0.05, 0) is 43.7 Å². The van der Waals surface area contributed by atoms with Gasteiger partial charge in [-0.2, -0.15) is 0 Å². The lowest BCUT2D eigenvalue weighted by Crippen LogP contribution is -2.44. The van der Waals surface area contributed by atoms with Gasteiger partial charge >= 0.3 is 0 Å². The molecule has 1 saturated heterocycles. The topological polar surface area (TPSA) is 58.6 Å². The van der Waals surface area contributed by atoms with Crippen LogP contribution in [0.25, 0.3) is 6.08 Å². The number of morpholine rings is 1. The van der Waals surface area contributed by atoms with Crippen LogP contribution in [0, 0.1) is 0 Å². The molecule has 1 N–H and O–H groups in total. The molecule has 27 heavy (non-hydrogen) atoms. The maximum absolute atomic E-state index is 12.7. The summed E-state index contributed by atoms with van der Waals surface area (Å²) in [6.07, 6.45) is 1.87. The molecular formula is C22H24N2O3. The van der Waals surface area contributed by atoms with Crippen LogP contribution in [0.4, 0.5) is 5.69 Å². The summed E-state index contributed by atoms with van der Waals surface area (Å²) in [5, 5.41) is 2.87. The van der Waals surface area contributed by atoms with E-state index >= 15 is 0 Å².